The minimum Gasteiger partial charge on any atom is -0.372 e. The van der Waals surface area contributed by atoms with Crippen molar-refractivity contribution in [3.63, 3.8) is 0 Å². The van der Waals surface area contributed by atoms with E-state index in [-0.39, 0.29) is 12.0 Å². The van der Waals surface area contributed by atoms with Gasteiger partial charge >= 0.3 is 0 Å². The zero-order valence-electron chi connectivity index (χ0n) is 9.32. The van der Waals surface area contributed by atoms with Crippen molar-refractivity contribution in [3.8, 4) is 0 Å². The summed E-state index contributed by atoms with van der Waals surface area (Å²) < 4.78 is 5.04. The number of thioether (sulfide) groups is 1. The van der Waals surface area contributed by atoms with E-state index >= 15 is 0 Å². The normalized spacial score (nSPS) is 30.1. The van der Waals surface area contributed by atoms with E-state index in [1.54, 1.807) is 14.0 Å². The largest absolute Gasteiger partial charge is 0.372 e. The Hall–Kier alpha value is -0.220. The molecule has 0 aromatic rings. The molecule has 0 spiro atoms. The van der Waals surface area contributed by atoms with E-state index in [2.05, 4.69) is 13.8 Å². The third kappa shape index (κ3) is 2.89. The van der Waals surface area contributed by atoms with Gasteiger partial charge in [0.2, 0.25) is 0 Å². The van der Waals surface area contributed by atoms with E-state index in [1.807, 2.05) is 16.7 Å². The minimum absolute atomic E-state index is 0.117. The van der Waals surface area contributed by atoms with Crippen molar-refractivity contribution in [3.05, 3.63) is 0 Å². The molecule has 3 unspecified atom stereocenters. The smallest absolute Gasteiger partial charge is 0.251 e. The Morgan fingerprint density at radius 2 is 1.93 bits per heavy atom. The SMILES string of the molecule is COC(C)C(=O)N1CC(C)SC(C)C1. The maximum atomic E-state index is 11.8. The second-order valence-electron chi connectivity index (χ2n) is 3.88. The highest BCUT2D eigenvalue weighted by atomic mass is 32.2. The van der Waals surface area contributed by atoms with Crippen molar-refractivity contribution in [2.45, 2.75) is 37.4 Å². The van der Waals surface area contributed by atoms with Crippen LogP contribution in [0.1, 0.15) is 20.8 Å². The summed E-state index contributed by atoms with van der Waals surface area (Å²) in [6.07, 6.45) is -0.308. The lowest BCUT2D eigenvalue weighted by Crippen LogP contribution is -2.47. The number of hydrogen-bond donors (Lipinski definition) is 0. The summed E-state index contributed by atoms with van der Waals surface area (Å²) in [5, 5.41) is 1.07. The van der Waals surface area contributed by atoms with Gasteiger partial charge in [0.25, 0.3) is 5.91 Å². The third-order valence-electron chi connectivity index (χ3n) is 2.43. The molecular formula is C10H19NO2S. The van der Waals surface area contributed by atoms with Crippen LogP contribution in [0.25, 0.3) is 0 Å². The summed E-state index contributed by atoms with van der Waals surface area (Å²) in [6.45, 7) is 7.83. The zero-order valence-corrected chi connectivity index (χ0v) is 10.1. The maximum Gasteiger partial charge on any atom is 0.251 e. The van der Waals surface area contributed by atoms with Crippen LogP contribution >= 0.6 is 11.8 Å². The fourth-order valence-corrected chi connectivity index (χ4v) is 3.04. The minimum atomic E-state index is -0.308. The van der Waals surface area contributed by atoms with Crippen LogP contribution in [0.5, 0.6) is 0 Å². The molecule has 0 N–H and O–H groups in total. The summed E-state index contributed by atoms with van der Waals surface area (Å²) in [4.78, 5) is 13.7. The lowest BCUT2D eigenvalue weighted by Gasteiger charge is -2.35. The second-order valence-corrected chi connectivity index (χ2v) is 5.76. The van der Waals surface area contributed by atoms with E-state index in [0.717, 1.165) is 13.1 Å². The van der Waals surface area contributed by atoms with Crippen LogP contribution in [0, 0.1) is 0 Å². The summed E-state index contributed by atoms with van der Waals surface area (Å²) in [5.74, 6) is 0.117. The second kappa shape index (κ2) is 5.03. The molecule has 0 aromatic heterocycles. The standard InChI is InChI=1S/C10H19NO2S/c1-7-5-11(6-8(2)14-7)10(12)9(3)13-4/h7-9H,5-6H2,1-4H3. The molecule has 14 heavy (non-hydrogen) atoms. The number of carbonyl (C=O) groups excluding carboxylic acids is 1. The molecule has 0 radical (unpaired) electrons. The Kier molecular flexibility index (Phi) is 4.26. The van der Waals surface area contributed by atoms with Crippen LogP contribution in [0.2, 0.25) is 0 Å². The molecule has 0 aliphatic carbocycles. The Bertz CT molecular complexity index is 200. The first-order chi connectivity index (χ1) is 6.54. The summed E-state index contributed by atoms with van der Waals surface area (Å²) in [6, 6.07) is 0. The number of hydrogen-bond acceptors (Lipinski definition) is 3. The lowest BCUT2D eigenvalue weighted by molar-refractivity contribution is -0.141. The summed E-state index contributed by atoms with van der Waals surface area (Å²) >= 11 is 1.95. The predicted molar refractivity (Wildman–Crippen MR) is 59.6 cm³/mol. The van der Waals surface area contributed by atoms with Crippen LogP contribution in [-0.2, 0) is 9.53 Å². The number of amides is 1. The number of methoxy groups -OCH3 is 1. The molecule has 1 aliphatic heterocycles. The molecule has 1 fully saturated rings. The Balaban J connectivity index is 2.54. The molecule has 1 amide bonds. The first kappa shape index (κ1) is 11.9. The van der Waals surface area contributed by atoms with Crippen LogP contribution in [0.4, 0.5) is 0 Å². The zero-order chi connectivity index (χ0) is 10.7. The van der Waals surface area contributed by atoms with Crippen molar-refractivity contribution in [1.82, 2.24) is 4.90 Å². The number of carbonyl (C=O) groups is 1. The Labute approximate surface area is 90.2 Å². The van der Waals surface area contributed by atoms with E-state index in [9.17, 15) is 4.79 Å². The molecule has 1 saturated heterocycles. The van der Waals surface area contributed by atoms with E-state index in [4.69, 9.17) is 4.74 Å². The third-order valence-corrected chi connectivity index (χ3v) is 3.66. The van der Waals surface area contributed by atoms with Crippen LogP contribution in [0.3, 0.4) is 0 Å². The monoisotopic (exact) mass is 217 g/mol. The maximum absolute atomic E-state index is 11.8. The lowest BCUT2D eigenvalue weighted by atomic mass is 10.2. The fourth-order valence-electron chi connectivity index (χ4n) is 1.72. The van der Waals surface area contributed by atoms with Gasteiger partial charge in [0.05, 0.1) is 0 Å². The molecule has 0 aromatic carbocycles. The van der Waals surface area contributed by atoms with Gasteiger partial charge in [0.15, 0.2) is 0 Å². The molecule has 82 valence electrons. The van der Waals surface area contributed by atoms with Crippen LogP contribution < -0.4 is 0 Å². The van der Waals surface area contributed by atoms with Crippen molar-refractivity contribution in [1.29, 1.82) is 0 Å². The molecule has 1 heterocycles. The molecule has 0 saturated carbocycles. The van der Waals surface area contributed by atoms with Crippen molar-refractivity contribution < 1.29 is 9.53 Å². The molecule has 4 heteroatoms. The van der Waals surface area contributed by atoms with E-state index in [1.165, 1.54) is 0 Å². The first-order valence-electron chi connectivity index (χ1n) is 5.01. The van der Waals surface area contributed by atoms with Gasteiger partial charge in [0, 0.05) is 30.7 Å². The van der Waals surface area contributed by atoms with Gasteiger partial charge in [-0.2, -0.15) is 11.8 Å². The van der Waals surface area contributed by atoms with Crippen LogP contribution in [-0.4, -0.2) is 47.6 Å². The highest BCUT2D eigenvalue weighted by molar-refractivity contribution is 8.00. The number of rotatable bonds is 2. The van der Waals surface area contributed by atoms with Crippen molar-refractivity contribution in [2.24, 2.45) is 0 Å². The average molecular weight is 217 g/mol. The quantitative estimate of drug-likeness (QED) is 0.700. The topological polar surface area (TPSA) is 29.5 Å². The highest BCUT2D eigenvalue weighted by Gasteiger charge is 2.28. The summed E-state index contributed by atoms with van der Waals surface area (Å²) in [7, 11) is 1.58. The fraction of sp³-hybridized carbons (Fsp3) is 0.900. The Morgan fingerprint density at radius 1 is 1.43 bits per heavy atom. The molecule has 1 rings (SSSR count). The van der Waals surface area contributed by atoms with Gasteiger partial charge in [-0.25, -0.2) is 0 Å². The van der Waals surface area contributed by atoms with E-state index in [0.29, 0.717) is 10.5 Å². The van der Waals surface area contributed by atoms with Crippen molar-refractivity contribution >= 4 is 17.7 Å². The molecule has 1 aliphatic rings. The molecule has 3 nitrogen and oxygen atoms in total. The Morgan fingerprint density at radius 3 is 2.36 bits per heavy atom. The van der Waals surface area contributed by atoms with Gasteiger partial charge in [-0.15, -0.1) is 0 Å². The van der Waals surface area contributed by atoms with Crippen molar-refractivity contribution in [2.75, 3.05) is 20.2 Å². The van der Waals surface area contributed by atoms with Gasteiger partial charge in [-0.1, -0.05) is 13.8 Å². The highest BCUT2D eigenvalue weighted by Crippen LogP contribution is 2.25. The van der Waals surface area contributed by atoms with E-state index < -0.39 is 0 Å². The van der Waals surface area contributed by atoms with Gasteiger partial charge in [0.1, 0.15) is 6.10 Å². The average Bonchev–Trinajstić information content (AvgIpc) is 2.14. The van der Waals surface area contributed by atoms with Gasteiger partial charge in [-0.3, -0.25) is 4.79 Å². The summed E-state index contributed by atoms with van der Waals surface area (Å²) in [5.41, 5.74) is 0. The predicted octanol–water partition coefficient (Wildman–Crippen LogP) is 1.37. The number of nitrogens with zero attached hydrogens (tertiary/aromatic N) is 1. The van der Waals surface area contributed by atoms with Crippen LogP contribution in [0.15, 0.2) is 0 Å². The van der Waals surface area contributed by atoms with Gasteiger partial charge in [-0.05, 0) is 6.92 Å². The molecular weight excluding hydrogens is 198 g/mol. The molecule has 0 bridgehead atoms. The van der Waals surface area contributed by atoms with Gasteiger partial charge < -0.3 is 9.64 Å². The number of ether oxygens (including phenoxy) is 1. The molecule has 3 atom stereocenters. The first-order valence-corrected chi connectivity index (χ1v) is 5.96.